The van der Waals surface area contributed by atoms with Crippen LogP contribution in [0.3, 0.4) is 0 Å². The lowest BCUT2D eigenvalue weighted by Crippen LogP contribution is -2.57. The molecule has 0 aromatic heterocycles. The van der Waals surface area contributed by atoms with Crippen LogP contribution in [0, 0.1) is 52.3 Å². The van der Waals surface area contributed by atoms with Crippen molar-refractivity contribution in [1.82, 2.24) is 0 Å². The predicted molar refractivity (Wildman–Crippen MR) is 119 cm³/mol. The van der Waals surface area contributed by atoms with E-state index in [1.807, 2.05) is 0 Å². The lowest BCUT2D eigenvalue weighted by atomic mass is 9.44. The molecule has 0 radical (unpaired) electrons. The smallest absolute Gasteiger partial charge is 0.171 e. The lowest BCUT2D eigenvalue weighted by Gasteiger charge is -2.61. The van der Waals surface area contributed by atoms with E-state index >= 15 is 0 Å². The summed E-state index contributed by atoms with van der Waals surface area (Å²) >= 11 is 0. The maximum atomic E-state index is 10.6. The lowest BCUT2D eigenvalue weighted by molar-refractivity contribution is -0.273. The van der Waals surface area contributed by atoms with E-state index in [2.05, 4.69) is 27.7 Å². The van der Waals surface area contributed by atoms with Crippen LogP contribution in [-0.4, -0.2) is 40.9 Å². The van der Waals surface area contributed by atoms with Crippen molar-refractivity contribution in [2.45, 2.75) is 110 Å². The highest BCUT2D eigenvalue weighted by molar-refractivity contribution is 5.15. The molecule has 1 spiro atoms. The molecular weight excluding hydrogens is 388 g/mol. The van der Waals surface area contributed by atoms with Crippen LogP contribution >= 0.6 is 0 Å². The molecule has 6 fully saturated rings. The molecule has 0 aromatic carbocycles. The molecule has 2 saturated heterocycles. The number of ether oxygens (including phenoxy) is 2. The van der Waals surface area contributed by atoms with Gasteiger partial charge in [-0.3, -0.25) is 0 Å². The Labute approximate surface area is 188 Å². The van der Waals surface area contributed by atoms with Gasteiger partial charge in [0.2, 0.25) is 0 Å². The molecule has 4 aliphatic carbocycles. The second-order valence-corrected chi connectivity index (χ2v) is 13.2. The molecule has 0 unspecified atom stereocenters. The summed E-state index contributed by atoms with van der Waals surface area (Å²) in [4.78, 5) is 0. The topological polar surface area (TPSA) is 58.9 Å². The maximum Gasteiger partial charge on any atom is 0.171 e. The van der Waals surface area contributed by atoms with Crippen LogP contribution in [-0.2, 0) is 9.47 Å². The molecule has 4 saturated carbocycles. The van der Waals surface area contributed by atoms with Crippen LogP contribution in [0.15, 0.2) is 0 Å². The molecule has 6 aliphatic rings. The van der Waals surface area contributed by atoms with E-state index in [1.165, 1.54) is 38.5 Å². The van der Waals surface area contributed by atoms with E-state index in [0.29, 0.717) is 41.1 Å². The van der Waals surface area contributed by atoms with Crippen molar-refractivity contribution in [3.63, 3.8) is 0 Å². The molecule has 2 heterocycles. The van der Waals surface area contributed by atoms with Crippen molar-refractivity contribution in [2.75, 3.05) is 6.61 Å². The summed E-state index contributed by atoms with van der Waals surface area (Å²) in [5.41, 5.74) is 0.550. The van der Waals surface area contributed by atoms with Gasteiger partial charge in [0, 0.05) is 12.3 Å². The maximum absolute atomic E-state index is 10.6. The largest absolute Gasteiger partial charge is 0.390 e. The van der Waals surface area contributed by atoms with Gasteiger partial charge < -0.3 is 19.7 Å². The summed E-state index contributed by atoms with van der Waals surface area (Å²) < 4.78 is 13.3. The van der Waals surface area contributed by atoms with E-state index < -0.39 is 12.2 Å². The molecule has 0 bridgehead atoms. The van der Waals surface area contributed by atoms with Gasteiger partial charge in [0.15, 0.2) is 5.79 Å². The quantitative estimate of drug-likeness (QED) is 0.579. The van der Waals surface area contributed by atoms with Gasteiger partial charge in [-0.15, -0.1) is 0 Å². The first-order valence-electron chi connectivity index (χ1n) is 13.4. The van der Waals surface area contributed by atoms with Crippen molar-refractivity contribution >= 4 is 0 Å². The van der Waals surface area contributed by atoms with Crippen LogP contribution in [0.5, 0.6) is 0 Å². The van der Waals surface area contributed by atoms with Crippen LogP contribution in [0.2, 0.25) is 0 Å². The van der Waals surface area contributed by atoms with E-state index in [0.717, 1.165) is 37.7 Å². The Hall–Kier alpha value is -0.160. The number of aliphatic hydroxyl groups excluding tert-OH is 2. The van der Waals surface area contributed by atoms with Crippen molar-refractivity contribution in [3.8, 4) is 0 Å². The third-order valence-corrected chi connectivity index (χ3v) is 12.0. The fraction of sp³-hybridized carbons (Fsp3) is 1.00. The second-order valence-electron chi connectivity index (χ2n) is 13.2. The summed E-state index contributed by atoms with van der Waals surface area (Å²) in [6.45, 7) is 10.6. The highest BCUT2D eigenvalue weighted by atomic mass is 16.7. The van der Waals surface area contributed by atoms with E-state index in [4.69, 9.17) is 9.47 Å². The Morgan fingerprint density at radius 1 is 0.839 bits per heavy atom. The van der Waals surface area contributed by atoms with Crippen molar-refractivity contribution < 1.29 is 19.7 Å². The SMILES string of the molecule is C[C@@H]1CC[C@@]2(OC1)O[C@@H]1C[C@H]3[C@@H]4CC[C@H]5C[C@@H](O)[C@H](O)C[C@]5(C)[C@@H]4CC[C@]3(C)[C@H]1[C@@H]2C. The summed E-state index contributed by atoms with van der Waals surface area (Å²) in [5, 5.41) is 20.9. The zero-order valence-corrected chi connectivity index (χ0v) is 20.1. The van der Waals surface area contributed by atoms with E-state index in [9.17, 15) is 10.2 Å². The van der Waals surface area contributed by atoms with Crippen molar-refractivity contribution in [2.24, 2.45) is 52.3 Å². The van der Waals surface area contributed by atoms with Gasteiger partial charge in [0.25, 0.3) is 0 Å². The number of aliphatic hydroxyl groups is 2. The first-order chi connectivity index (χ1) is 14.7. The summed E-state index contributed by atoms with van der Waals surface area (Å²) in [7, 11) is 0. The summed E-state index contributed by atoms with van der Waals surface area (Å²) in [6.07, 6.45) is 9.51. The van der Waals surface area contributed by atoms with E-state index in [1.54, 1.807) is 0 Å². The van der Waals surface area contributed by atoms with Gasteiger partial charge in [-0.05, 0) is 97.7 Å². The summed E-state index contributed by atoms with van der Waals surface area (Å²) in [5.74, 6) is 4.21. The Kier molecular flexibility index (Phi) is 4.78. The zero-order valence-electron chi connectivity index (χ0n) is 20.1. The Morgan fingerprint density at radius 3 is 2.39 bits per heavy atom. The minimum atomic E-state index is -0.537. The number of hydrogen-bond acceptors (Lipinski definition) is 4. The normalized spacial score (nSPS) is 63.3. The first-order valence-corrected chi connectivity index (χ1v) is 13.4. The average Bonchev–Trinajstić information content (AvgIpc) is 3.16. The predicted octanol–water partition coefficient (Wildman–Crippen LogP) is 4.76. The zero-order chi connectivity index (χ0) is 21.8. The van der Waals surface area contributed by atoms with Crippen LogP contribution < -0.4 is 0 Å². The number of fused-ring (bicyclic) bond motifs is 7. The van der Waals surface area contributed by atoms with Gasteiger partial charge in [-0.25, -0.2) is 0 Å². The molecule has 4 nitrogen and oxygen atoms in total. The fourth-order valence-electron chi connectivity index (χ4n) is 10.3. The minimum absolute atomic E-state index is 0.191. The standard InChI is InChI=1S/C27H44O4/c1-15-7-10-27(30-14-15)16(2)24-23(31-27)12-20-18-6-5-17-11-21(28)22(29)13-26(17,4)19(18)8-9-25(20,24)3/h15-24,28-29H,5-14H2,1-4H3/t15-,16+,17+,18-,19-,20+,21-,22-,23-,24+,25+,26+,27-/m1/s1. The highest BCUT2D eigenvalue weighted by Crippen LogP contribution is 2.71. The fourth-order valence-corrected chi connectivity index (χ4v) is 10.3. The van der Waals surface area contributed by atoms with Gasteiger partial charge in [0.1, 0.15) is 0 Å². The number of rotatable bonds is 0. The molecule has 13 atom stereocenters. The first kappa shape index (κ1) is 21.4. The van der Waals surface area contributed by atoms with Gasteiger partial charge >= 0.3 is 0 Å². The minimum Gasteiger partial charge on any atom is -0.390 e. The van der Waals surface area contributed by atoms with Crippen LogP contribution in [0.4, 0.5) is 0 Å². The molecule has 2 aliphatic heterocycles. The molecule has 0 aromatic rings. The Balaban J connectivity index is 1.26. The van der Waals surface area contributed by atoms with Crippen LogP contribution in [0.1, 0.15) is 85.5 Å². The third-order valence-electron chi connectivity index (χ3n) is 12.0. The molecule has 176 valence electrons. The summed E-state index contributed by atoms with van der Waals surface area (Å²) in [6, 6.07) is 0. The monoisotopic (exact) mass is 432 g/mol. The molecule has 6 rings (SSSR count). The van der Waals surface area contributed by atoms with Gasteiger partial charge in [0.05, 0.1) is 24.9 Å². The highest BCUT2D eigenvalue weighted by Gasteiger charge is 2.69. The van der Waals surface area contributed by atoms with Crippen LogP contribution in [0.25, 0.3) is 0 Å². The molecular formula is C27H44O4. The van der Waals surface area contributed by atoms with Crippen molar-refractivity contribution in [1.29, 1.82) is 0 Å². The number of hydrogen-bond donors (Lipinski definition) is 2. The van der Waals surface area contributed by atoms with Gasteiger partial charge in [-0.2, -0.15) is 0 Å². The molecule has 0 amide bonds. The average molecular weight is 433 g/mol. The Bertz CT molecular complexity index is 716. The van der Waals surface area contributed by atoms with E-state index in [-0.39, 0.29) is 11.2 Å². The molecule has 4 heteroatoms. The third kappa shape index (κ3) is 2.80. The second kappa shape index (κ2) is 6.93. The molecule has 31 heavy (non-hydrogen) atoms. The van der Waals surface area contributed by atoms with Gasteiger partial charge in [-0.1, -0.05) is 27.7 Å². The van der Waals surface area contributed by atoms with Crippen molar-refractivity contribution in [3.05, 3.63) is 0 Å². The molecule has 2 N–H and O–H groups in total. The Morgan fingerprint density at radius 2 is 1.65 bits per heavy atom.